The average molecular weight is 201 g/mol. The molecule has 0 unspecified atom stereocenters. The van der Waals surface area contributed by atoms with E-state index in [-0.39, 0.29) is 5.41 Å². The Kier molecular flexibility index (Phi) is 7.76. The van der Waals surface area contributed by atoms with Crippen molar-refractivity contribution in [3.63, 3.8) is 0 Å². The topological polar surface area (TPSA) is 44.5 Å². The van der Waals surface area contributed by atoms with E-state index >= 15 is 0 Å². The zero-order chi connectivity index (χ0) is 10.9. The van der Waals surface area contributed by atoms with Crippen molar-refractivity contribution in [2.24, 2.45) is 11.1 Å². The fourth-order valence-corrected chi connectivity index (χ4v) is 0.804. The number of ether oxygens (including phenoxy) is 2. The minimum Gasteiger partial charge on any atom is -0.377 e. The van der Waals surface area contributed by atoms with Gasteiger partial charge in [-0.3, -0.25) is 0 Å². The highest BCUT2D eigenvalue weighted by Gasteiger charge is 2.08. The summed E-state index contributed by atoms with van der Waals surface area (Å²) < 4.78 is 10.6. The Balaban J connectivity index is 3.19. The summed E-state index contributed by atoms with van der Waals surface area (Å²) in [5.41, 5.74) is 5.50. The van der Waals surface area contributed by atoms with Gasteiger partial charge < -0.3 is 15.2 Å². The lowest BCUT2D eigenvalue weighted by atomic mass is 9.99. The van der Waals surface area contributed by atoms with Crippen LogP contribution in [0, 0.1) is 5.41 Å². The molecule has 0 aromatic carbocycles. The smallest absolute Gasteiger partial charge is 0.0648 e. The van der Waals surface area contributed by atoms with Crippen LogP contribution in [0.1, 0.15) is 20.8 Å². The Labute approximate surface area is 87.3 Å². The van der Waals surface area contributed by atoms with Gasteiger partial charge in [0.15, 0.2) is 0 Å². The molecule has 0 spiro atoms. The summed E-state index contributed by atoms with van der Waals surface area (Å²) in [7, 11) is 0. The molecule has 2 N–H and O–H groups in total. The van der Waals surface area contributed by atoms with E-state index in [1.807, 2.05) is 12.2 Å². The molecule has 0 atom stereocenters. The van der Waals surface area contributed by atoms with E-state index in [1.165, 1.54) is 0 Å². The minimum absolute atomic E-state index is 0.240. The van der Waals surface area contributed by atoms with E-state index in [0.29, 0.717) is 26.4 Å². The molecular weight excluding hydrogens is 178 g/mol. The van der Waals surface area contributed by atoms with Crippen molar-refractivity contribution >= 4 is 0 Å². The highest BCUT2D eigenvalue weighted by Crippen LogP contribution is 2.12. The highest BCUT2D eigenvalue weighted by molar-refractivity contribution is 4.81. The van der Waals surface area contributed by atoms with Crippen LogP contribution in [-0.2, 0) is 9.47 Å². The Morgan fingerprint density at radius 2 is 1.64 bits per heavy atom. The second-order valence-electron chi connectivity index (χ2n) is 4.41. The van der Waals surface area contributed by atoms with Gasteiger partial charge >= 0.3 is 0 Å². The van der Waals surface area contributed by atoms with Crippen LogP contribution in [0.15, 0.2) is 12.2 Å². The summed E-state index contributed by atoms with van der Waals surface area (Å²) in [6.07, 6.45) is 3.93. The summed E-state index contributed by atoms with van der Waals surface area (Å²) >= 11 is 0. The fourth-order valence-electron chi connectivity index (χ4n) is 0.804. The monoisotopic (exact) mass is 201 g/mol. The van der Waals surface area contributed by atoms with Crippen molar-refractivity contribution in [1.29, 1.82) is 0 Å². The Hall–Kier alpha value is -0.380. The molecule has 84 valence electrons. The van der Waals surface area contributed by atoms with Crippen LogP contribution in [-0.4, -0.2) is 33.0 Å². The molecule has 3 nitrogen and oxygen atoms in total. The van der Waals surface area contributed by atoms with Crippen molar-refractivity contribution in [2.45, 2.75) is 20.8 Å². The van der Waals surface area contributed by atoms with Gasteiger partial charge in [-0.1, -0.05) is 32.9 Å². The summed E-state index contributed by atoms with van der Waals surface area (Å²) in [6.45, 7) is 9.71. The van der Waals surface area contributed by atoms with Gasteiger partial charge in [-0.05, 0) is 5.41 Å². The lowest BCUT2D eigenvalue weighted by molar-refractivity contribution is 0.0904. The molecular formula is C11H23NO2. The molecule has 0 aliphatic carbocycles. The Morgan fingerprint density at radius 1 is 1.07 bits per heavy atom. The number of hydrogen-bond donors (Lipinski definition) is 1. The Bertz CT molecular complexity index is 150. The van der Waals surface area contributed by atoms with Gasteiger partial charge in [0.25, 0.3) is 0 Å². The highest BCUT2D eigenvalue weighted by atomic mass is 16.5. The molecule has 14 heavy (non-hydrogen) atoms. The molecule has 0 saturated carbocycles. The van der Waals surface area contributed by atoms with Crippen molar-refractivity contribution in [3.8, 4) is 0 Å². The van der Waals surface area contributed by atoms with Gasteiger partial charge in [0.2, 0.25) is 0 Å². The van der Waals surface area contributed by atoms with Crippen LogP contribution >= 0.6 is 0 Å². The van der Waals surface area contributed by atoms with Crippen LogP contribution in [0.5, 0.6) is 0 Å². The van der Waals surface area contributed by atoms with Crippen molar-refractivity contribution in [3.05, 3.63) is 12.2 Å². The first-order chi connectivity index (χ1) is 6.56. The van der Waals surface area contributed by atoms with E-state index < -0.39 is 0 Å². The molecule has 0 aromatic rings. The normalized spacial score (nSPS) is 12.6. The van der Waals surface area contributed by atoms with E-state index in [0.717, 1.165) is 6.61 Å². The van der Waals surface area contributed by atoms with Gasteiger partial charge in [-0.15, -0.1) is 0 Å². The Morgan fingerprint density at radius 3 is 2.14 bits per heavy atom. The summed E-state index contributed by atoms with van der Waals surface area (Å²) in [4.78, 5) is 0. The summed E-state index contributed by atoms with van der Waals surface area (Å²) in [6, 6.07) is 0. The molecule has 0 saturated heterocycles. The van der Waals surface area contributed by atoms with E-state index in [1.54, 1.807) is 0 Å². The number of rotatable bonds is 7. The lowest BCUT2D eigenvalue weighted by Gasteiger charge is -2.16. The molecule has 0 radical (unpaired) electrons. The average Bonchev–Trinajstić information content (AvgIpc) is 2.08. The number of hydrogen-bond acceptors (Lipinski definition) is 3. The maximum absolute atomic E-state index is 5.44. The predicted octanol–water partition coefficient (Wildman–Crippen LogP) is 1.58. The molecule has 0 aliphatic rings. The van der Waals surface area contributed by atoms with Crippen LogP contribution in [0.25, 0.3) is 0 Å². The first-order valence-electron chi connectivity index (χ1n) is 5.07. The molecule has 3 heteroatoms. The van der Waals surface area contributed by atoms with Gasteiger partial charge in [-0.25, -0.2) is 0 Å². The second-order valence-corrected chi connectivity index (χ2v) is 4.41. The third-order valence-electron chi connectivity index (χ3n) is 1.39. The standard InChI is InChI=1S/C11H23NO2/c1-11(2,3)10-14-8-5-4-7-13-9-6-12/h4-5H,6-10,12H2,1-3H3/b5-4-. The zero-order valence-electron chi connectivity index (χ0n) is 9.58. The maximum Gasteiger partial charge on any atom is 0.0648 e. The quantitative estimate of drug-likeness (QED) is 0.502. The van der Waals surface area contributed by atoms with Crippen LogP contribution < -0.4 is 5.73 Å². The third kappa shape index (κ3) is 11.6. The molecule has 0 amide bonds. The molecule has 0 aromatic heterocycles. The first-order valence-corrected chi connectivity index (χ1v) is 5.07. The summed E-state index contributed by atoms with van der Waals surface area (Å²) in [5.74, 6) is 0. The molecule has 0 rings (SSSR count). The number of nitrogens with two attached hydrogens (primary N) is 1. The third-order valence-corrected chi connectivity index (χ3v) is 1.39. The van der Waals surface area contributed by atoms with Crippen molar-refractivity contribution in [2.75, 3.05) is 33.0 Å². The first kappa shape index (κ1) is 13.6. The van der Waals surface area contributed by atoms with Gasteiger partial charge in [0.1, 0.15) is 0 Å². The molecule has 0 aliphatic heterocycles. The molecule has 0 heterocycles. The summed E-state index contributed by atoms with van der Waals surface area (Å²) in [5, 5.41) is 0. The fraction of sp³-hybridized carbons (Fsp3) is 0.818. The van der Waals surface area contributed by atoms with E-state index in [2.05, 4.69) is 20.8 Å². The second kappa shape index (κ2) is 7.97. The SMILES string of the molecule is CC(C)(C)COC/C=C\COCCN. The minimum atomic E-state index is 0.240. The van der Waals surface area contributed by atoms with Crippen LogP contribution in [0.4, 0.5) is 0 Å². The zero-order valence-corrected chi connectivity index (χ0v) is 9.58. The van der Waals surface area contributed by atoms with Crippen LogP contribution in [0.3, 0.4) is 0 Å². The predicted molar refractivity (Wildman–Crippen MR) is 59.3 cm³/mol. The molecule has 0 bridgehead atoms. The van der Waals surface area contributed by atoms with Gasteiger partial charge in [-0.2, -0.15) is 0 Å². The largest absolute Gasteiger partial charge is 0.377 e. The van der Waals surface area contributed by atoms with Crippen molar-refractivity contribution in [1.82, 2.24) is 0 Å². The van der Waals surface area contributed by atoms with Gasteiger partial charge in [0, 0.05) is 6.54 Å². The van der Waals surface area contributed by atoms with E-state index in [9.17, 15) is 0 Å². The molecule has 0 fully saturated rings. The van der Waals surface area contributed by atoms with Crippen molar-refractivity contribution < 1.29 is 9.47 Å². The van der Waals surface area contributed by atoms with Gasteiger partial charge in [0.05, 0.1) is 26.4 Å². The maximum atomic E-state index is 5.44. The van der Waals surface area contributed by atoms with Crippen LogP contribution in [0.2, 0.25) is 0 Å². The lowest BCUT2D eigenvalue weighted by Crippen LogP contribution is -2.14. The van der Waals surface area contributed by atoms with E-state index in [4.69, 9.17) is 15.2 Å².